The van der Waals surface area contributed by atoms with Gasteiger partial charge in [-0.25, -0.2) is 0 Å². The number of carbonyl (C=O) groups excluding carboxylic acids is 1. The summed E-state index contributed by atoms with van der Waals surface area (Å²) in [6.45, 7) is 0.973. The predicted octanol–water partition coefficient (Wildman–Crippen LogP) is 4.16. The minimum Gasteiger partial charge on any atom is -0.467 e. The van der Waals surface area contributed by atoms with Crippen LogP contribution in [-0.2, 0) is 17.9 Å². The Hall–Kier alpha value is -2.86. The van der Waals surface area contributed by atoms with E-state index in [1.165, 1.54) is 7.11 Å². The van der Waals surface area contributed by atoms with E-state index in [-0.39, 0.29) is 5.91 Å². The fourth-order valence-corrected chi connectivity index (χ4v) is 3.11. The highest BCUT2D eigenvalue weighted by molar-refractivity contribution is 7.09. The Morgan fingerprint density at radius 1 is 1.20 bits per heavy atom. The fourth-order valence-electron chi connectivity index (χ4n) is 2.39. The van der Waals surface area contributed by atoms with Crippen molar-refractivity contribution in [3.05, 3.63) is 81.9 Å². The minimum atomic E-state index is -0.0416. The molecule has 25 heavy (non-hydrogen) atoms. The van der Waals surface area contributed by atoms with E-state index >= 15 is 0 Å². The van der Waals surface area contributed by atoms with Crippen LogP contribution in [0.3, 0.4) is 0 Å². The molecule has 0 radical (unpaired) electrons. The summed E-state index contributed by atoms with van der Waals surface area (Å²) in [5.74, 6) is 0.716. The molecule has 0 aliphatic heterocycles. The largest absolute Gasteiger partial charge is 0.467 e. The van der Waals surface area contributed by atoms with Crippen LogP contribution in [0.25, 0.3) is 0 Å². The van der Waals surface area contributed by atoms with E-state index < -0.39 is 0 Å². The lowest BCUT2D eigenvalue weighted by Gasteiger charge is -2.21. The van der Waals surface area contributed by atoms with E-state index in [0.29, 0.717) is 18.7 Å². The lowest BCUT2D eigenvalue weighted by Crippen LogP contribution is -2.29. The summed E-state index contributed by atoms with van der Waals surface area (Å²) in [5, 5.41) is 5.73. The van der Waals surface area contributed by atoms with Gasteiger partial charge in [0.2, 0.25) is 0 Å². The molecule has 5 nitrogen and oxygen atoms in total. The SMILES string of the molecule is CO/N=C/c1ccc(C(=O)N(Cc2ccco2)Cc2cccs2)cc1. The van der Waals surface area contributed by atoms with Gasteiger partial charge in [-0.15, -0.1) is 11.3 Å². The van der Waals surface area contributed by atoms with Crippen molar-refractivity contribution in [3.63, 3.8) is 0 Å². The third kappa shape index (κ3) is 4.58. The number of furan rings is 1. The van der Waals surface area contributed by atoms with Gasteiger partial charge in [0.05, 0.1) is 25.6 Å². The average Bonchev–Trinajstić information content (AvgIpc) is 3.33. The number of nitrogens with zero attached hydrogens (tertiary/aromatic N) is 2. The first-order chi connectivity index (χ1) is 12.3. The lowest BCUT2D eigenvalue weighted by atomic mass is 10.1. The maximum Gasteiger partial charge on any atom is 0.254 e. The Morgan fingerprint density at radius 3 is 2.68 bits per heavy atom. The van der Waals surface area contributed by atoms with Crippen molar-refractivity contribution in [2.75, 3.05) is 7.11 Å². The van der Waals surface area contributed by atoms with E-state index in [2.05, 4.69) is 9.99 Å². The van der Waals surface area contributed by atoms with E-state index in [1.54, 1.807) is 40.8 Å². The summed E-state index contributed by atoms with van der Waals surface area (Å²) >= 11 is 1.63. The summed E-state index contributed by atoms with van der Waals surface area (Å²) in [6, 6.07) is 15.0. The molecule has 0 N–H and O–H groups in total. The van der Waals surface area contributed by atoms with Gasteiger partial charge in [-0.1, -0.05) is 23.4 Å². The van der Waals surface area contributed by atoms with Crippen molar-refractivity contribution in [1.29, 1.82) is 0 Å². The molecule has 0 unspecified atom stereocenters. The van der Waals surface area contributed by atoms with Gasteiger partial charge in [0.1, 0.15) is 12.9 Å². The first kappa shape index (κ1) is 17.0. The molecule has 128 valence electrons. The monoisotopic (exact) mass is 354 g/mol. The first-order valence-electron chi connectivity index (χ1n) is 7.77. The van der Waals surface area contributed by atoms with Gasteiger partial charge in [0, 0.05) is 10.4 Å². The van der Waals surface area contributed by atoms with Gasteiger partial charge in [-0.3, -0.25) is 4.79 Å². The molecule has 0 spiro atoms. The third-order valence-electron chi connectivity index (χ3n) is 3.61. The molecule has 1 aromatic carbocycles. The number of amides is 1. The van der Waals surface area contributed by atoms with Crippen LogP contribution in [0.4, 0.5) is 0 Å². The Balaban J connectivity index is 1.78. The normalized spacial score (nSPS) is 10.9. The number of benzene rings is 1. The maximum atomic E-state index is 13.0. The second-order valence-corrected chi connectivity index (χ2v) is 6.39. The van der Waals surface area contributed by atoms with Crippen LogP contribution in [0.15, 0.2) is 69.7 Å². The highest BCUT2D eigenvalue weighted by atomic mass is 32.1. The van der Waals surface area contributed by atoms with Crippen LogP contribution in [0.2, 0.25) is 0 Å². The van der Waals surface area contributed by atoms with Crippen molar-refractivity contribution in [2.24, 2.45) is 5.16 Å². The molecule has 2 heterocycles. The number of oxime groups is 1. The number of carbonyl (C=O) groups is 1. The van der Waals surface area contributed by atoms with E-state index in [9.17, 15) is 4.79 Å². The van der Waals surface area contributed by atoms with Gasteiger partial charge in [0.25, 0.3) is 5.91 Å². The molecule has 0 aliphatic carbocycles. The van der Waals surface area contributed by atoms with Crippen molar-refractivity contribution in [3.8, 4) is 0 Å². The highest BCUT2D eigenvalue weighted by Gasteiger charge is 2.18. The molecule has 1 amide bonds. The zero-order chi connectivity index (χ0) is 17.5. The number of thiophene rings is 1. The quantitative estimate of drug-likeness (QED) is 0.473. The second-order valence-electron chi connectivity index (χ2n) is 5.36. The van der Waals surface area contributed by atoms with E-state index in [1.807, 2.05) is 41.8 Å². The standard InChI is InChI=1S/C19H18N2O3S/c1-23-20-12-15-6-8-16(9-7-15)19(22)21(13-17-4-2-10-24-17)14-18-5-3-11-25-18/h2-12H,13-14H2,1H3/b20-12+. The third-order valence-corrected chi connectivity index (χ3v) is 4.47. The van der Waals surface area contributed by atoms with Crippen molar-refractivity contribution in [2.45, 2.75) is 13.1 Å². The smallest absolute Gasteiger partial charge is 0.254 e. The summed E-state index contributed by atoms with van der Waals surface area (Å²) in [7, 11) is 1.49. The topological polar surface area (TPSA) is 55.0 Å². The zero-order valence-electron chi connectivity index (χ0n) is 13.8. The molecule has 6 heteroatoms. The fraction of sp³-hybridized carbons (Fsp3) is 0.158. The van der Waals surface area contributed by atoms with Crippen LogP contribution in [-0.4, -0.2) is 24.1 Å². The van der Waals surface area contributed by atoms with Crippen LogP contribution >= 0.6 is 11.3 Å². The summed E-state index contributed by atoms with van der Waals surface area (Å²) < 4.78 is 5.41. The molecule has 0 saturated carbocycles. The number of rotatable bonds is 7. The molecule has 0 fully saturated rings. The van der Waals surface area contributed by atoms with Gasteiger partial charge in [-0.2, -0.15) is 0 Å². The Bertz CT molecular complexity index is 773. The van der Waals surface area contributed by atoms with Gasteiger partial charge in [-0.05, 0) is 41.3 Å². The number of hydrogen-bond acceptors (Lipinski definition) is 5. The predicted molar refractivity (Wildman–Crippen MR) is 97.6 cm³/mol. The van der Waals surface area contributed by atoms with Gasteiger partial charge >= 0.3 is 0 Å². The molecule has 3 rings (SSSR count). The summed E-state index contributed by atoms with van der Waals surface area (Å²) in [4.78, 5) is 20.5. The van der Waals surface area contributed by atoms with Crippen LogP contribution in [0, 0.1) is 0 Å². The highest BCUT2D eigenvalue weighted by Crippen LogP contribution is 2.18. The van der Waals surface area contributed by atoms with Crippen molar-refractivity contribution < 1.29 is 14.0 Å². The van der Waals surface area contributed by atoms with Gasteiger partial charge in [0.15, 0.2) is 0 Å². The molecule has 0 saturated heterocycles. The van der Waals surface area contributed by atoms with E-state index in [4.69, 9.17) is 4.42 Å². The zero-order valence-corrected chi connectivity index (χ0v) is 14.6. The molecule has 3 aromatic rings. The lowest BCUT2D eigenvalue weighted by molar-refractivity contribution is 0.0719. The minimum absolute atomic E-state index is 0.0416. The Labute approximate surface area is 150 Å². The van der Waals surface area contributed by atoms with Crippen molar-refractivity contribution >= 4 is 23.5 Å². The van der Waals surface area contributed by atoms with Crippen LogP contribution in [0.1, 0.15) is 26.6 Å². The Morgan fingerprint density at radius 2 is 2.04 bits per heavy atom. The second kappa shape index (κ2) is 8.30. The van der Waals surface area contributed by atoms with Crippen molar-refractivity contribution in [1.82, 2.24) is 4.90 Å². The molecule has 0 bridgehead atoms. The molecule has 0 atom stereocenters. The van der Waals surface area contributed by atoms with Crippen LogP contribution < -0.4 is 0 Å². The molecular formula is C19H18N2O3S. The van der Waals surface area contributed by atoms with Crippen LogP contribution in [0.5, 0.6) is 0 Å². The number of hydrogen-bond donors (Lipinski definition) is 0. The molecule has 0 aliphatic rings. The average molecular weight is 354 g/mol. The molecule has 2 aromatic heterocycles. The maximum absolute atomic E-state index is 13.0. The summed E-state index contributed by atoms with van der Waals surface area (Å²) in [5.41, 5.74) is 1.49. The Kier molecular flexibility index (Phi) is 5.64. The van der Waals surface area contributed by atoms with Gasteiger partial charge < -0.3 is 14.2 Å². The first-order valence-corrected chi connectivity index (χ1v) is 8.65. The summed E-state index contributed by atoms with van der Waals surface area (Å²) in [6.07, 6.45) is 3.22. The molecular weight excluding hydrogens is 336 g/mol. The van der Waals surface area contributed by atoms with E-state index in [0.717, 1.165) is 16.2 Å².